The summed E-state index contributed by atoms with van der Waals surface area (Å²) in [5, 5.41) is 19.4. The molecule has 1 unspecified atom stereocenters. The highest BCUT2D eigenvalue weighted by Gasteiger charge is 2.25. The van der Waals surface area contributed by atoms with Crippen molar-refractivity contribution in [3.63, 3.8) is 0 Å². The van der Waals surface area contributed by atoms with Crippen molar-refractivity contribution >= 4 is 5.97 Å². The van der Waals surface area contributed by atoms with Gasteiger partial charge in [0.05, 0.1) is 0 Å². The van der Waals surface area contributed by atoms with E-state index in [1.54, 1.807) is 0 Å². The largest absolute Gasteiger partial charge is 0.479 e. The average Bonchev–Trinajstić information content (AvgIpc) is 2.76. The molecule has 0 aliphatic carbocycles. The Morgan fingerprint density at radius 1 is 1.35 bits per heavy atom. The zero-order chi connectivity index (χ0) is 12.4. The molecule has 0 saturated heterocycles. The van der Waals surface area contributed by atoms with Gasteiger partial charge in [-0.15, -0.1) is 15.0 Å². The van der Waals surface area contributed by atoms with E-state index in [4.69, 9.17) is 5.11 Å². The van der Waals surface area contributed by atoms with Crippen LogP contribution in [-0.2, 0) is 4.79 Å². The van der Waals surface area contributed by atoms with Crippen LogP contribution in [0, 0.1) is 11.6 Å². The molecule has 1 aromatic carbocycles. The number of tetrazole rings is 1. The lowest BCUT2D eigenvalue weighted by Crippen LogP contribution is -2.23. The van der Waals surface area contributed by atoms with Gasteiger partial charge in [-0.2, -0.15) is 0 Å². The maximum atomic E-state index is 13.0. The summed E-state index contributed by atoms with van der Waals surface area (Å²) in [6.07, 6.45) is 1.05. The first kappa shape index (κ1) is 11.1. The smallest absolute Gasteiger partial charge is 0.335 e. The van der Waals surface area contributed by atoms with Gasteiger partial charge in [0.1, 0.15) is 0 Å². The molecular weight excluding hydrogens is 234 g/mol. The van der Waals surface area contributed by atoms with Gasteiger partial charge in [-0.25, -0.2) is 13.6 Å². The molecule has 1 N–H and O–H groups in total. The first-order chi connectivity index (χ1) is 8.09. The maximum absolute atomic E-state index is 13.0. The lowest BCUT2D eigenvalue weighted by Gasteiger charge is -2.10. The molecule has 1 atom stereocenters. The summed E-state index contributed by atoms with van der Waals surface area (Å²) in [4.78, 5) is 11.9. The van der Waals surface area contributed by atoms with E-state index in [2.05, 4.69) is 15.4 Å². The van der Waals surface area contributed by atoms with Crippen molar-refractivity contribution in [2.24, 2.45) is 0 Å². The minimum atomic E-state index is -1.34. The Bertz CT molecular complexity index is 544. The number of benzene rings is 1. The standard InChI is InChI=1S/C9H6F2N4O2/c10-6-2-1-5(3-7(6)11)8(9(16)17)15-13-4-12-14-15/h1-4,8H,(H,16,17). The Kier molecular flexibility index (Phi) is 2.77. The first-order valence-corrected chi connectivity index (χ1v) is 4.50. The SMILES string of the molecule is O=C(O)C(c1ccc(F)c(F)c1)n1ncnn1. The van der Waals surface area contributed by atoms with E-state index in [1.165, 1.54) is 0 Å². The molecule has 0 spiro atoms. The number of carboxylic acid groups (broad SMARTS) is 1. The number of carbonyl (C=O) groups is 1. The van der Waals surface area contributed by atoms with Crippen LogP contribution in [0.15, 0.2) is 24.5 Å². The summed E-state index contributed by atoms with van der Waals surface area (Å²) in [5.74, 6) is -3.48. The van der Waals surface area contributed by atoms with Crippen LogP contribution in [0.4, 0.5) is 8.78 Å². The zero-order valence-electron chi connectivity index (χ0n) is 8.29. The second-order valence-corrected chi connectivity index (χ2v) is 3.17. The molecular formula is C9H6F2N4O2. The molecule has 0 amide bonds. The quantitative estimate of drug-likeness (QED) is 0.850. The minimum absolute atomic E-state index is 0.0226. The van der Waals surface area contributed by atoms with Gasteiger partial charge in [-0.05, 0) is 22.9 Å². The maximum Gasteiger partial charge on any atom is 0.335 e. The van der Waals surface area contributed by atoms with Crippen LogP contribution in [0.25, 0.3) is 0 Å². The van der Waals surface area contributed by atoms with E-state index in [1.807, 2.05) is 0 Å². The molecule has 0 fully saturated rings. The monoisotopic (exact) mass is 240 g/mol. The van der Waals surface area contributed by atoms with Crippen molar-refractivity contribution in [1.82, 2.24) is 20.2 Å². The number of halogens is 2. The molecule has 88 valence electrons. The van der Waals surface area contributed by atoms with Crippen LogP contribution >= 0.6 is 0 Å². The summed E-state index contributed by atoms with van der Waals surface area (Å²) in [6.45, 7) is 0. The zero-order valence-corrected chi connectivity index (χ0v) is 8.29. The Hall–Kier alpha value is -2.38. The molecule has 1 heterocycles. The molecule has 0 aliphatic rings. The fourth-order valence-electron chi connectivity index (χ4n) is 1.35. The Morgan fingerprint density at radius 3 is 2.65 bits per heavy atom. The number of aliphatic carboxylic acids is 1. The van der Waals surface area contributed by atoms with E-state index in [0.29, 0.717) is 0 Å². The van der Waals surface area contributed by atoms with E-state index in [9.17, 15) is 13.6 Å². The van der Waals surface area contributed by atoms with Crippen molar-refractivity contribution < 1.29 is 18.7 Å². The molecule has 0 radical (unpaired) electrons. The van der Waals surface area contributed by atoms with Crippen LogP contribution < -0.4 is 0 Å². The van der Waals surface area contributed by atoms with Gasteiger partial charge in [-0.1, -0.05) is 6.07 Å². The number of hydrogen-bond acceptors (Lipinski definition) is 4. The molecule has 2 aromatic rings. The highest BCUT2D eigenvalue weighted by Crippen LogP contribution is 2.19. The van der Waals surface area contributed by atoms with E-state index >= 15 is 0 Å². The topological polar surface area (TPSA) is 80.9 Å². The lowest BCUT2D eigenvalue weighted by molar-refractivity contribution is -0.140. The van der Waals surface area contributed by atoms with Crippen LogP contribution in [0.3, 0.4) is 0 Å². The predicted octanol–water partition coefficient (Wildman–Crippen LogP) is 0.625. The number of carboxylic acids is 1. The van der Waals surface area contributed by atoms with Crippen LogP contribution in [0.5, 0.6) is 0 Å². The van der Waals surface area contributed by atoms with Gasteiger partial charge in [0, 0.05) is 0 Å². The number of hydrogen-bond donors (Lipinski definition) is 1. The normalized spacial score (nSPS) is 12.4. The van der Waals surface area contributed by atoms with Crippen LogP contribution in [-0.4, -0.2) is 31.3 Å². The summed E-state index contributed by atoms with van der Waals surface area (Å²) in [6, 6.07) is 1.45. The van der Waals surface area contributed by atoms with Gasteiger partial charge in [0.2, 0.25) is 0 Å². The summed E-state index contributed by atoms with van der Waals surface area (Å²) in [7, 11) is 0. The molecule has 1 aromatic heterocycles. The third kappa shape index (κ3) is 2.10. The molecule has 0 saturated carbocycles. The first-order valence-electron chi connectivity index (χ1n) is 4.50. The van der Waals surface area contributed by atoms with E-state index in [-0.39, 0.29) is 5.56 Å². The van der Waals surface area contributed by atoms with E-state index in [0.717, 1.165) is 29.3 Å². The van der Waals surface area contributed by atoms with Gasteiger partial charge in [0.25, 0.3) is 0 Å². The van der Waals surface area contributed by atoms with Crippen molar-refractivity contribution in [2.45, 2.75) is 6.04 Å². The third-order valence-corrected chi connectivity index (χ3v) is 2.09. The molecule has 2 rings (SSSR count). The lowest BCUT2D eigenvalue weighted by atomic mass is 10.1. The Morgan fingerprint density at radius 2 is 2.12 bits per heavy atom. The van der Waals surface area contributed by atoms with Crippen molar-refractivity contribution in [2.75, 3.05) is 0 Å². The minimum Gasteiger partial charge on any atom is -0.479 e. The molecule has 8 heteroatoms. The predicted molar refractivity (Wildman–Crippen MR) is 49.9 cm³/mol. The van der Waals surface area contributed by atoms with Crippen molar-refractivity contribution in [1.29, 1.82) is 0 Å². The summed E-state index contributed by atoms with van der Waals surface area (Å²) < 4.78 is 25.7. The molecule has 0 bridgehead atoms. The highest BCUT2D eigenvalue weighted by atomic mass is 19.2. The van der Waals surface area contributed by atoms with Crippen LogP contribution in [0.1, 0.15) is 11.6 Å². The molecule has 17 heavy (non-hydrogen) atoms. The highest BCUT2D eigenvalue weighted by molar-refractivity contribution is 5.75. The summed E-state index contributed by atoms with van der Waals surface area (Å²) >= 11 is 0. The molecule has 0 aliphatic heterocycles. The Balaban J connectivity index is 2.47. The average molecular weight is 240 g/mol. The van der Waals surface area contributed by atoms with Gasteiger partial charge in [-0.3, -0.25) is 0 Å². The van der Waals surface area contributed by atoms with Gasteiger partial charge in [0.15, 0.2) is 24.0 Å². The van der Waals surface area contributed by atoms with Crippen molar-refractivity contribution in [3.8, 4) is 0 Å². The second-order valence-electron chi connectivity index (χ2n) is 3.17. The van der Waals surface area contributed by atoms with Crippen molar-refractivity contribution in [3.05, 3.63) is 41.7 Å². The summed E-state index contributed by atoms with van der Waals surface area (Å²) in [5.41, 5.74) is 0.0226. The van der Waals surface area contributed by atoms with Crippen LogP contribution in [0.2, 0.25) is 0 Å². The third-order valence-electron chi connectivity index (χ3n) is 2.09. The number of aromatic nitrogens is 4. The van der Waals surface area contributed by atoms with E-state index < -0.39 is 23.6 Å². The fraction of sp³-hybridized carbons (Fsp3) is 0.111. The Labute approximate surface area is 93.5 Å². The second kappa shape index (κ2) is 4.24. The molecule has 6 nitrogen and oxygen atoms in total. The fourth-order valence-corrected chi connectivity index (χ4v) is 1.35. The number of nitrogens with zero attached hydrogens (tertiary/aromatic N) is 4. The van der Waals surface area contributed by atoms with Gasteiger partial charge >= 0.3 is 5.97 Å². The number of rotatable bonds is 3. The van der Waals surface area contributed by atoms with Gasteiger partial charge < -0.3 is 5.11 Å².